The fraction of sp³-hybridized carbons (Fsp3) is 0.357. The molecule has 0 bridgehead atoms. The molecular formula is C14H16N2O. The van der Waals surface area contributed by atoms with E-state index in [9.17, 15) is 5.11 Å². The summed E-state index contributed by atoms with van der Waals surface area (Å²) in [6, 6.07) is 8.24. The highest BCUT2D eigenvalue weighted by Gasteiger charge is 2.46. The maximum atomic E-state index is 9.38. The lowest BCUT2D eigenvalue weighted by Crippen LogP contribution is -2.13. The van der Waals surface area contributed by atoms with Gasteiger partial charge in [0.25, 0.3) is 0 Å². The molecule has 1 heterocycles. The zero-order valence-electron chi connectivity index (χ0n) is 9.90. The lowest BCUT2D eigenvalue weighted by molar-refractivity contribution is 0.250. The largest absolute Gasteiger partial charge is 0.395 e. The molecule has 1 aromatic heterocycles. The maximum Gasteiger partial charge on any atom is 0.115 e. The normalized spacial score (nSPS) is 17.1. The number of benzene rings is 1. The summed E-state index contributed by atoms with van der Waals surface area (Å²) in [7, 11) is 0. The van der Waals surface area contributed by atoms with Crippen LogP contribution >= 0.6 is 0 Å². The third-order valence-corrected chi connectivity index (χ3v) is 3.67. The zero-order chi connectivity index (χ0) is 11.9. The van der Waals surface area contributed by atoms with Gasteiger partial charge in [0.1, 0.15) is 5.82 Å². The van der Waals surface area contributed by atoms with Crippen molar-refractivity contribution in [2.75, 3.05) is 6.61 Å². The molecule has 1 saturated carbocycles. The number of imidazole rings is 1. The van der Waals surface area contributed by atoms with E-state index in [-0.39, 0.29) is 12.0 Å². The molecule has 3 heteroatoms. The number of aromatic amines is 1. The molecule has 0 amide bonds. The minimum absolute atomic E-state index is 0.0824. The Labute approximate surface area is 101 Å². The van der Waals surface area contributed by atoms with E-state index < -0.39 is 0 Å². The highest BCUT2D eigenvalue weighted by Crippen LogP contribution is 2.46. The molecule has 1 fully saturated rings. The number of aromatic nitrogens is 2. The van der Waals surface area contributed by atoms with E-state index in [4.69, 9.17) is 0 Å². The van der Waals surface area contributed by atoms with Crippen LogP contribution in [-0.4, -0.2) is 21.7 Å². The number of aryl methyl sites for hydroxylation is 1. The first-order chi connectivity index (χ1) is 8.25. The Bertz CT molecular complexity index is 541. The number of aliphatic hydroxyl groups excluding tert-OH is 1. The molecule has 2 N–H and O–H groups in total. The molecule has 3 rings (SSSR count). The minimum Gasteiger partial charge on any atom is -0.395 e. The van der Waals surface area contributed by atoms with E-state index in [1.165, 1.54) is 11.1 Å². The predicted molar refractivity (Wildman–Crippen MR) is 66.8 cm³/mol. The summed E-state index contributed by atoms with van der Waals surface area (Å²) >= 11 is 0. The summed E-state index contributed by atoms with van der Waals surface area (Å²) in [6.45, 7) is 2.28. The van der Waals surface area contributed by atoms with Gasteiger partial charge >= 0.3 is 0 Å². The number of nitrogens with one attached hydrogen (secondary N) is 1. The van der Waals surface area contributed by atoms with Gasteiger partial charge in [-0.3, -0.25) is 0 Å². The number of hydrogen-bond acceptors (Lipinski definition) is 2. The lowest BCUT2D eigenvalue weighted by Gasteiger charge is -2.07. The van der Waals surface area contributed by atoms with E-state index in [1.807, 2.05) is 18.3 Å². The molecule has 88 valence electrons. The monoisotopic (exact) mass is 228 g/mol. The molecule has 0 unspecified atom stereocenters. The van der Waals surface area contributed by atoms with Crippen LogP contribution in [0.2, 0.25) is 0 Å². The molecule has 3 nitrogen and oxygen atoms in total. The third kappa shape index (κ3) is 1.67. The Kier molecular flexibility index (Phi) is 2.30. The third-order valence-electron chi connectivity index (χ3n) is 3.67. The van der Waals surface area contributed by atoms with Crippen LogP contribution in [-0.2, 0) is 5.41 Å². The molecule has 0 atom stereocenters. The van der Waals surface area contributed by atoms with Gasteiger partial charge in [0, 0.05) is 5.56 Å². The van der Waals surface area contributed by atoms with Gasteiger partial charge in [-0.1, -0.05) is 24.3 Å². The van der Waals surface area contributed by atoms with Crippen LogP contribution in [0, 0.1) is 6.92 Å². The van der Waals surface area contributed by atoms with Crippen molar-refractivity contribution in [1.82, 2.24) is 9.97 Å². The summed E-state index contributed by atoms with van der Waals surface area (Å²) in [4.78, 5) is 7.78. The molecule has 0 saturated heterocycles. The van der Waals surface area contributed by atoms with E-state index in [0.29, 0.717) is 0 Å². The van der Waals surface area contributed by atoms with E-state index in [2.05, 4.69) is 29.0 Å². The van der Waals surface area contributed by atoms with Gasteiger partial charge in [0.15, 0.2) is 0 Å². The molecule has 1 aromatic carbocycles. The molecule has 0 radical (unpaired) electrons. The standard InChI is InChI=1S/C14H16N2O/c1-10-4-2-3-5-11(10)12-8-15-13(16-12)14(9-17)6-7-14/h2-5,8,17H,6-7,9H2,1H3,(H,15,16). The smallest absolute Gasteiger partial charge is 0.115 e. The first-order valence-electron chi connectivity index (χ1n) is 5.97. The highest BCUT2D eigenvalue weighted by molar-refractivity contribution is 5.63. The Hall–Kier alpha value is -1.61. The van der Waals surface area contributed by atoms with Crippen molar-refractivity contribution in [3.05, 3.63) is 41.9 Å². The SMILES string of the molecule is Cc1ccccc1-c1cnc(C2(CO)CC2)[nH]1. The lowest BCUT2D eigenvalue weighted by atomic mass is 10.1. The van der Waals surface area contributed by atoms with Crippen LogP contribution in [0.3, 0.4) is 0 Å². The molecule has 1 aliphatic rings. The maximum absolute atomic E-state index is 9.38. The summed E-state index contributed by atoms with van der Waals surface area (Å²) in [6.07, 6.45) is 3.93. The molecule has 2 aromatic rings. The Morgan fingerprint density at radius 2 is 2.12 bits per heavy atom. The Morgan fingerprint density at radius 1 is 1.35 bits per heavy atom. The van der Waals surface area contributed by atoms with E-state index >= 15 is 0 Å². The van der Waals surface area contributed by atoms with Crippen molar-refractivity contribution in [2.24, 2.45) is 0 Å². The van der Waals surface area contributed by atoms with Gasteiger partial charge in [0.05, 0.1) is 23.9 Å². The highest BCUT2D eigenvalue weighted by atomic mass is 16.3. The van der Waals surface area contributed by atoms with Crippen LogP contribution in [0.4, 0.5) is 0 Å². The van der Waals surface area contributed by atoms with E-state index in [0.717, 1.165) is 24.4 Å². The van der Waals surface area contributed by atoms with Crippen molar-refractivity contribution < 1.29 is 5.11 Å². The van der Waals surface area contributed by atoms with E-state index in [1.54, 1.807) is 0 Å². The molecule has 0 aliphatic heterocycles. The minimum atomic E-state index is -0.0824. The molecular weight excluding hydrogens is 212 g/mol. The van der Waals surface area contributed by atoms with Gasteiger partial charge in [0.2, 0.25) is 0 Å². The van der Waals surface area contributed by atoms with Crippen molar-refractivity contribution in [1.29, 1.82) is 0 Å². The summed E-state index contributed by atoms with van der Waals surface area (Å²) < 4.78 is 0. The second-order valence-corrected chi connectivity index (χ2v) is 4.90. The second-order valence-electron chi connectivity index (χ2n) is 4.90. The topological polar surface area (TPSA) is 48.9 Å². The van der Waals surface area contributed by atoms with Crippen molar-refractivity contribution in [3.63, 3.8) is 0 Å². The second kappa shape index (κ2) is 3.70. The fourth-order valence-electron chi connectivity index (χ4n) is 2.22. The summed E-state index contributed by atoms with van der Waals surface area (Å²) in [5.41, 5.74) is 3.37. The van der Waals surface area contributed by atoms with Crippen molar-refractivity contribution in [2.45, 2.75) is 25.2 Å². The van der Waals surface area contributed by atoms with Gasteiger partial charge in [-0.15, -0.1) is 0 Å². The quantitative estimate of drug-likeness (QED) is 0.847. The molecule has 1 aliphatic carbocycles. The molecule has 17 heavy (non-hydrogen) atoms. The number of hydrogen-bond donors (Lipinski definition) is 2. The number of H-pyrrole nitrogens is 1. The van der Waals surface area contributed by atoms with Crippen LogP contribution < -0.4 is 0 Å². The average Bonchev–Trinajstić information content (AvgIpc) is 3.00. The zero-order valence-corrected chi connectivity index (χ0v) is 9.90. The number of nitrogens with zero attached hydrogens (tertiary/aromatic N) is 1. The van der Waals surface area contributed by atoms with Crippen LogP contribution in [0.25, 0.3) is 11.3 Å². The average molecular weight is 228 g/mol. The van der Waals surface area contributed by atoms with Gasteiger partial charge in [-0.2, -0.15) is 0 Å². The van der Waals surface area contributed by atoms with Gasteiger partial charge in [-0.25, -0.2) is 4.98 Å². The van der Waals surface area contributed by atoms with Crippen LogP contribution in [0.1, 0.15) is 24.2 Å². The fourth-order valence-corrected chi connectivity index (χ4v) is 2.22. The number of aliphatic hydroxyl groups is 1. The van der Waals surface area contributed by atoms with Gasteiger partial charge < -0.3 is 10.1 Å². The first kappa shape index (κ1) is 10.5. The van der Waals surface area contributed by atoms with Gasteiger partial charge in [-0.05, 0) is 25.3 Å². The first-order valence-corrected chi connectivity index (χ1v) is 5.97. The van der Waals surface area contributed by atoms with Crippen molar-refractivity contribution in [3.8, 4) is 11.3 Å². The van der Waals surface area contributed by atoms with Crippen LogP contribution in [0.5, 0.6) is 0 Å². The Balaban J connectivity index is 1.99. The van der Waals surface area contributed by atoms with Crippen LogP contribution in [0.15, 0.2) is 30.5 Å². The molecule has 0 spiro atoms. The summed E-state index contributed by atoms with van der Waals surface area (Å²) in [5, 5.41) is 9.38. The number of rotatable bonds is 3. The Morgan fingerprint density at radius 3 is 2.76 bits per heavy atom. The predicted octanol–water partition coefficient (Wildman–Crippen LogP) is 2.41. The summed E-state index contributed by atoms with van der Waals surface area (Å²) in [5.74, 6) is 0.929. The van der Waals surface area contributed by atoms with Crippen molar-refractivity contribution >= 4 is 0 Å².